The number of halogens is 1. The zero-order valence-corrected chi connectivity index (χ0v) is 12.9. The van der Waals surface area contributed by atoms with E-state index in [1.807, 2.05) is 0 Å². The Balaban J connectivity index is 1.79. The van der Waals surface area contributed by atoms with Gasteiger partial charge in [0, 0.05) is 4.83 Å². The second kappa shape index (κ2) is 4.34. The van der Waals surface area contributed by atoms with Crippen LogP contribution in [0.25, 0.3) is 10.8 Å². The summed E-state index contributed by atoms with van der Waals surface area (Å²) in [4.78, 5) is 0.550. The Labute approximate surface area is 123 Å². The number of aryl methyl sites for hydroxylation is 1. The summed E-state index contributed by atoms with van der Waals surface area (Å²) >= 11 is 4.04. The highest BCUT2D eigenvalue weighted by Crippen LogP contribution is 2.65. The molecular formula is C18H19Br. The van der Waals surface area contributed by atoms with Crippen molar-refractivity contribution in [3.8, 4) is 0 Å². The molecule has 3 atom stereocenters. The third-order valence-corrected chi connectivity index (χ3v) is 6.34. The Morgan fingerprint density at radius 1 is 1.05 bits per heavy atom. The van der Waals surface area contributed by atoms with E-state index in [2.05, 4.69) is 59.3 Å². The van der Waals surface area contributed by atoms with Crippen molar-refractivity contribution in [1.82, 2.24) is 0 Å². The second-order valence-corrected chi connectivity index (χ2v) is 7.24. The van der Waals surface area contributed by atoms with Crippen LogP contribution in [0.3, 0.4) is 0 Å². The van der Waals surface area contributed by atoms with Crippen LogP contribution in [0.4, 0.5) is 0 Å². The normalized spacial score (nSPS) is 30.3. The Morgan fingerprint density at radius 2 is 1.79 bits per heavy atom. The van der Waals surface area contributed by atoms with Crippen molar-refractivity contribution >= 4 is 26.7 Å². The minimum absolute atomic E-state index is 0.550. The molecule has 0 aromatic heterocycles. The Bertz CT molecular complexity index is 621. The zero-order valence-electron chi connectivity index (χ0n) is 11.3. The minimum Gasteiger partial charge on any atom is -0.0835 e. The summed E-state index contributed by atoms with van der Waals surface area (Å²) < 4.78 is 0. The van der Waals surface area contributed by atoms with Gasteiger partial charge in [-0.3, -0.25) is 0 Å². The van der Waals surface area contributed by atoms with E-state index in [1.54, 1.807) is 0 Å². The lowest BCUT2D eigenvalue weighted by Gasteiger charge is -2.18. The average molecular weight is 315 g/mol. The Morgan fingerprint density at radius 3 is 2.58 bits per heavy atom. The Kier molecular flexibility index (Phi) is 2.73. The van der Waals surface area contributed by atoms with Gasteiger partial charge in [-0.05, 0) is 59.4 Å². The van der Waals surface area contributed by atoms with Gasteiger partial charge < -0.3 is 0 Å². The van der Waals surface area contributed by atoms with Gasteiger partial charge in [0.2, 0.25) is 0 Å². The summed E-state index contributed by atoms with van der Waals surface area (Å²) in [5.41, 5.74) is 2.98. The number of rotatable bonds is 2. The van der Waals surface area contributed by atoms with Gasteiger partial charge in [0.25, 0.3) is 0 Å². The highest BCUT2D eigenvalue weighted by molar-refractivity contribution is 9.09. The third-order valence-electron chi connectivity index (χ3n) is 5.28. The standard InChI is InChI=1S/C18H19Br/c1-11-9-10-12-5-2-3-6-13(12)16(11)18(19)17-14-7-4-8-15(14)17/h2-3,5-6,9-10,14-15,17-18H,4,7-8H2,1H3. The maximum absolute atomic E-state index is 4.04. The van der Waals surface area contributed by atoms with Gasteiger partial charge in [-0.25, -0.2) is 0 Å². The van der Waals surface area contributed by atoms with Crippen molar-refractivity contribution in [3.63, 3.8) is 0 Å². The molecule has 0 spiro atoms. The lowest BCUT2D eigenvalue weighted by atomic mass is 9.93. The SMILES string of the molecule is Cc1ccc2ccccc2c1C(Br)C1C2CCCC21. The molecule has 0 aliphatic heterocycles. The first-order chi connectivity index (χ1) is 9.27. The Hall–Kier alpha value is -0.820. The lowest BCUT2D eigenvalue weighted by Crippen LogP contribution is -2.01. The third kappa shape index (κ3) is 1.78. The summed E-state index contributed by atoms with van der Waals surface area (Å²) in [6.45, 7) is 2.26. The molecule has 2 fully saturated rings. The van der Waals surface area contributed by atoms with E-state index in [9.17, 15) is 0 Å². The number of hydrogen-bond acceptors (Lipinski definition) is 0. The highest BCUT2D eigenvalue weighted by Gasteiger charge is 2.55. The molecule has 1 heteroatoms. The van der Waals surface area contributed by atoms with Crippen LogP contribution < -0.4 is 0 Å². The first-order valence-electron chi connectivity index (χ1n) is 7.39. The van der Waals surface area contributed by atoms with E-state index in [-0.39, 0.29) is 0 Å². The first-order valence-corrected chi connectivity index (χ1v) is 8.31. The molecule has 0 heterocycles. The second-order valence-electron chi connectivity index (χ2n) is 6.25. The zero-order chi connectivity index (χ0) is 13.0. The van der Waals surface area contributed by atoms with Crippen molar-refractivity contribution in [3.05, 3.63) is 47.5 Å². The average Bonchev–Trinajstić information content (AvgIpc) is 2.91. The molecule has 2 aromatic carbocycles. The summed E-state index contributed by atoms with van der Waals surface area (Å²) in [5.74, 6) is 2.89. The predicted molar refractivity (Wildman–Crippen MR) is 84.7 cm³/mol. The molecule has 2 aromatic rings. The van der Waals surface area contributed by atoms with Gasteiger partial charge in [-0.2, -0.15) is 0 Å². The first kappa shape index (κ1) is 12.0. The van der Waals surface area contributed by atoms with Crippen LogP contribution in [0.5, 0.6) is 0 Å². The molecule has 19 heavy (non-hydrogen) atoms. The lowest BCUT2D eigenvalue weighted by molar-refractivity contribution is 0.583. The molecule has 3 unspecified atom stereocenters. The van der Waals surface area contributed by atoms with Crippen LogP contribution in [-0.4, -0.2) is 0 Å². The molecule has 0 radical (unpaired) electrons. The van der Waals surface area contributed by atoms with Crippen molar-refractivity contribution in [2.45, 2.75) is 31.0 Å². The number of alkyl halides is 1. The molecule has 0 nitrogen and oxygen atoms in total. The van der Waals surface area contributed by atoms with E-state index in [0.717, 1.165) is 17.8 Å². The largest absolute Gasteiger partial charge is 0.0835 e. The van der Waals surface area contributed by atoms with Gasteiger partial charge in [-0.1, -0.05) is 58.7 Å². The van der Waals surface area contributed by atoms with E-state index in [1.165, 1.54) is 41.2 Å². The van der Waals surface area contributed by atoms with Gasteiger partial charge in [0.05, 0.1) is 0 Å². The summed E-state index contributed by atoms with van der Waals surface area (Å²) in [6, 6.07) is 13.3. The summed E-state index contributed by atoms with van der Waals surface area (Å²) in [7, 11) is 0. The number of fused-ring (bicyclic) bond motifs is 2. The maximum Gasteiger partial charge on any atom is 0.0437 e. The monoisotopic (exact) mass is 314 g/mol. The van der Waals surface area contributed by atoms with Crippen molar-refractivity contribution < 1.29 is 0 Å². The fraction of sp³-hybridized carbons (Fsp3) is 0.444. The molecule has 0 bridgehead atoms. The van der Waals surface area contributed by atoms with Crippen molar-refractivity contribution in [1.29, 1.82) is 0 Å². The summed E-state index contributed by atoms with van der Waals surface area (Å²) in [5, 5.41) is 2.81. The molecule has 0 saturated heterocycles. The van der Waals surface area contributed by atoms with Crippen LogP contribution in [0.15, 0.2) is 36.4 Å². The van der Waals surface area contributed by atoms with Crippen LogP contribution in [0, 0.1) is 24.7 Å². The van der Waals surface area contributed by atoms with Crippen LogP contribution in [0.1, 0.15) is 35.2 Å². The van der Waals surface area contributed by atoms with Crippen LogP contribution in [0.2, 0.25) is 0 Å². The predicted octanol–water partition coefficient (Wildman–Crippen LogP) is 5.63. The highest BCUT2D eigenvalue weighted by atomic mass is 79.9. The fourth-order valence-electron chi connectivity index (χ4n) is 4.27. The molecule has 0 amide bonds. The molecule has 2 aliphatic carbocycles. The summed E-state index contributed by atoms with van der Waals surface area (Å²) in [6.07, 6.45) is 4.38. The van der Waals surface area contributed by atoms with E-state index >= 15 is 0 Å². The van der Waals surface area contributed by atoms with Crippen LogP contribution >= 0.6 is 15.9 Å². The number of benzene rings is 2. The topological polar surface area (TPSA) is 0 Å². The van der Waals surface area contributed by atoms with E-state index in [4.69, 9.17) is 0 Å². The van der Waals surface area contributed by atoms with Gasteiger partial charge in [-0.15, -0.1) is 0 Å². The fourth-order valence-corrected chi connectivity index (χ4v) is 5.67. The molecule has 4 rings (SSSR count). The molecule has 98 valence electrons. The molecular weight excluding hydrogens is 296 g/mol. The molecule has 0 N–H and O–H groups in total. The molecule has 2 saturated carbocycles. The van der Waals surface area contributed by atoms with Crippen molar-refractivity contribution in [2.75, 3.05) is 0 Å². The number of hydrogen-bond donors (Lipinski definition) is 0. The maximum atomic E-state index is 4.04. The van der Waals surface area contributed by atoms with Gasteiger partial charge >= 0.3 is 0 Å². The van der Waals surface area contributed by atoms with Gasteiger partial charge in [0.1, 0.15) is 0 Å². The van der Waals surface area contributed by atoms with Gasteiger partial charge in [0.15, 0.2) is 0 Å². The quantitative estimate of drug-likeness (QED) is 0.630. The minimum atomic E-state index is 0.550. The van der Waals surface area contributed by atoms with Crippen molar-refractivity contribution in [2.24, 2.45) is 17.8 Å². The van der Waals surface area contributed by atoms with E-state index < -0.39 is 0 Å². The van der Waals surface area contributed by atoms with Crippen LogP contribution in [-0.2, 0) is 0 Å². The smallest absolute Gasteiger partial charge is 0.0437 e. The molecule has 2 aliphatic rings. The van der Waals surface area contributed by atoms with E-state index in [0.29, 0.717) is 4.83 Å².